The van der Waals surface area contributed by atoms with E-state index in [1.807, 2.05) is 66.7 Å². The lowest BCUT2D eigenvalue weighted by Gasteiger charge is -2.08. The lowest BCUT2D eigenvalue weighted by molar-refractivity contribution is 0.861. The maximum Gasteiger partial charge on any atom is 0.163 e. The summed E-state index contributed by atoms with van der Waals surface area (Å²) in [5, 5.41) is 8.57. The van der Waals surface area contributed by atoms with Gasteiger partial charge in [-0.05, 0) is 31.2 Å². The van der Waals surface area contributed by atoms with Crippen molar-refractivity contribution in [1.82, 2.24) is 15.0 Å². The molecule has 0 aliphatic rings. The molecule has 0 fully saturated rings. The summed E-state index contributed by atoms with van der Waals surface area (Å²) in [6, 6.07) is 26.1. The zero-order chi connectivity index (χ0) is 16.4. The van der Waals surface area contributed by atoms with Gasteiger partial charge in [-0.1, -0.05) is 65.4 Å². The second-order valence-corrected chi connectivity index (χ2v) is 5.63. The third-order valence-electron chi connectivity index (χ3n) is 3.85. The molecule has 4 rings (SSSR count). The smallest absolute Gasteiger partial charge is 0.163 e. The van der Waals surface area contributed by atoms with E-state index in [0.29, 0.717) is 0 Å². The maximum absolute atomic E-state index is 4.84. The van der Waals surface area contributed by atoms with Crippen molar-refractivity contribution in [2.45, 2.75) is 6.92 Å². The summed E-state index contributed by atoms with van der Waals surface area (Å²) in [7, 11) is 0. The van der Waals surface area contributed by atoms with Crippen LogP contribution in [0.15, 0.2) is 83.9 Å². The average molecular weight is 312 g/mol. The molecule has 4 aromatic rings. The first kappa shape index (κ1) is 14.3. The molecule has 1 heterocycles. The summed E-state index contributed by atoms with van der Waals surface area (Å²) in [6.07, 6.45) is 0. The van der Waals surface area contributed by atoms with Crippen molar-refractivity contribution in [3.8, 4) is 0 Å². The highest BCUT2D eigenvalue weighted by atomic mass is 15.4. The number of fused-ring (bicyclic) bond motifs is 1. The van der Waals surface area contributed by atoms with Gasteiger partial charge >= 0.3 is 0 Å². The van der Waals surface area contributed by atoms with E-state index >= 15 is 0 Å². The van der Waals surface area contributed by atoms with Gasteiger partial charge in [0.2, 0.25) is 0 Å². The number of aliphatic imine (C=N–C) groups is 1. The summed E-state index contributed by atoms with van der Waals surface area (Å²) >= 11 is 0. The Morgan fingerprint density at radius 1 is 0.833 bits per heavy atom. The van der Waals surface area contributed by atoms with E-state index in [-0.39, 0.29) is 0 Å². The molecule has 0 spiro atoms. The predicted molar refractivity (Wildman–Crippen MR) is 96.7 cm³/mol. The highest BCUT2D eigenvalue weighted by Gasteiger charge is 2.12. The predicted octanol–water partition coefficient (Wildman–Crippen LogP) is 4.37. The highest BCUT2D eigenvalue weighted by molar-refractivity contribution is 6.05. The number of rotatable bonds is 2. The van der Waals surface area contributed by atoms with Crippen molar-refractivity contribution >= 4 is 22.6 Å². The minimum Gasteiger partial charge on any atom is -0.229 e. The van der Waals surface area contributed by atoms with E-state index in [9.17, 15) is 0 Å². The molecule has 0 unspecified atom stereocenters. The van der Waals surface area contributed by atoms with E-state index in [1.54, 1.807) is 4.68 Å². The Balaban J connectivity index is 1.92. The van der Waals surface area contributed by atoms with Crippen molar-refractivity contribution in [3.63, 3.8) is 0 Å². The van der Waals surface area contributed by atoms with Crippen LogP contribution in [-0.2, 0) is 0 Å². The molecule has 116 valence electrons. The van der Waals surface area contributed by atoms with Gasteiger partial charge in [0.25, 0.3) is 0 Å². The molecule has 0 saturated heterocycles. The normalized spacial score (nSPS) is 11.8. The van der Waals surface area contributed by atoms with Crippen molar-refractivity contribution < 1.29 is 0 Å². The Kier molecular flexibility index (Phi) is 3.63. The van der Waals surface area contributed by atoms with Crippen molar-refractivity contribution in [1.29, 1.82) is 0 Å². The summed E-state index contributed by atoms with van der Waals surface area (Å²) in [5.74, 6) is 0.758. The molecule has 0 aliphatic heterocycles. The van der Waals surface area contributed by atoms with E-state index in [2.05, 4.69) is 29.4 Å². The zero-order valence-electron chi connectivity index (χ0n) is 13.3. The minimum atomic E-state index is 0.758. The van der Waals surface area contributed by atoms with Gasteiger partial charge in [-0.3, -0.25) is 0 Å². The lowest BCUT2D eigenvalue weighted by Crippen LogP contribution is -2.15. The fourth-order valence-electron chi connectivity index (χ4n) is 2.59. The largest absolute Gasteiger partial charge is 0.229 e. The van der Waals surface area contributed by atoms with Crippen LogP contribution in [0.4, 0.5) is 5.69 Å². The highest BCUT2D eigenvalue weighted by Crippen LogP contribution is 2.18. The molecule has 0 saturated carbocycles. The van der Waals surface area contributed by atoms with Gasteiger partial charge in [0.1, 0.15) is 5.52 Å². The molecular formula is C20H16N4. The van der Waals surface area contributed by atoms with E-state index in [4.69, 9.17) is 4.99 Å². The summed E-state index contributed by atoms with van der Waals surface area (Å²) < 4.78 is 1.80. The molecule has 0 aliphatic carbocycles. The molecule has 4 heteroatoms. The lowest BCUT2D eigenvalue weighted by atomic mass is 10.2. The Bertz CT molecular complexity index is 999. The van der Waals surface area contributed by atoms with Gasteiger partial charge in [-0.15, -0.1) is 5.10 Å². The first-order chi connectivity index (χ1) is 11.8. The first-order valence-corrected chi connectivity index (χ1v) is 7.83. The molecular weight excluding hydrogens is 296 g/mol. The van der Waals surface area contributed by atoms with Gasteiger partial charge in [-0.25, -0.2) is 4.99 Å². The number of hydrogen-bond acceptors (Lipinski definition) is 3. The quantitative estimate of drug-likeness (QED) is 0.407. The van der Waals surface area contributed by atoms with Gasteiger partial charge in [0, 0.05) is 5.56 Å². The van der Waals surface area contributed by atoms with Crippen molar-refractivity contribution in [3.05, 3.63) is 90.0 Å². The van der Waals surface area contributed by atoms with Crippen LogP contribution < -0.4 is 0 Å². The molecule has 4 nitrogen and oxygen atoms in total. The zero-order valence-corrected chi connectivity index (χ0v) is 13.3. The molecule has 0 amide bonds. The van der Waals surface area contributed by atoms with Crippen LogP contribution in [0, 0.1) is 6.92 Å². The summed E-state index contributed by atoms with van der Waals surface area (Å²) in [6.45, 7) is 2.07. The molecule has 0 atom stereocenters. The Labute approximate surface area is 140 Å². The molecule has 0 radical (unpaired) electrons. The van der Waals surface area contributed by atoms with Crippen LogP contribution >= 0.6 is 0 Å². The van der Waals surface area contributed by atoms with E-state index in [0.717, 1.165) is 28.1 Å². The minimum absolute atomic E-state index is 0.758. The van der Waals surface area contributed by atoms with Gasteiger partial charge < -0.3 is 0 Å². The van der Waals surface area contributed by atoms with Crippen LogP contribution in [0.3, 0.4) is 0 Å². The number of aryl methyl sites for hydroxylation is 1. The maximum atomic E-state index is 4.84. The van der Waals surface area contributed by atoms with Crippen LogP contribution in [0.25, 0.3) is 11.0 Å². The van der Waals surface area contributed by atoms with Crippen LogP contribution in [0.5, 0.6) is 0 Å². The molecule has 0 bridgehead atoms. The van der Waals surface area contributed by atoms with Crippen molar-refractivity contribution in [2.75, 3.05) is 0 Å². The SMILES string of the molecule is Cc1ccc(N=C(c2ccccc2)n2nnc3ccccc32)cc1. The topological polar surface area (TPSA) is 43.1 Å². The number of benzene rings is 3. The van der Waals surface area contributed by atoms with Gasteiger partial charge in [0.15, 0.2) is 5.84 Å². The Morgan fingerprint density at radius 3 is 2.33 bits per heavy atom. The molecule has 1 aromatic heterocycles. The van der Waals surface area contributed by atoms with E-state index in [1.165, 1.54) is 5.56 Å². The van der Waals surface area contributed by atoms with Crippen LogP contribution in [0.1, 0.15) is 11.1 Å². The summed E-state index contributed by atoms with van der Waals surface area (Å²) in [4.78, 5) is 4.84. The number of hydrogen-bond donors (Lipinski definition) is 0. The van der Waals surface area contributed by atoms with E-state index < -0.39 is 0 Å². The number of aromatic nitrogens is 3. The number of nitrogens with zero attached hydrogens (tertiary/aromatic N) is 4. The molecule has 24 heavy (non-hydrogen) atoms. The third kappa shape index (κ3) is 2.70. The fourth-order valence-corrected chi connectivity index (χ4v) is 2.59. The molecule has 0 N–H and O–H groups in total. The molecule has 3 aromatic carbocycles. The fraction of sp³-hybridized carbons (Fsp3) is 0.0500. The average Bonchev–Trinajstić information content (AvgIpc) is 3.06. The second-order valence-electron chi connectivity index (χ2n) is 5.63. The third-order valence-corrected chi connectivity index (χ3v) is 3.85. The number of para-hydroxylation sites is 1. The van der Waals surface area contributed by atoms with Gasteiger partial charge in [0.05, 0.1) is 11.2 Å². The first-order valence-electron chi connectivity index (χ1n) is 7.83. The monoisotopic (exact) mass is 312 g/mol. The van der Waals surface area contributed by atoms with Gasteiger partial charge in [-0.2, -0.15) is 4.68 Å². The van der Waals surface area contributed by atoms with Crippen LogP contribution in [-0.4, -0.2) is 20.8 Å². The standard InChI is InChI=1S/C20H16N4/c1-15-11-13-17(14-12-15)21-20(16-7-3-2-4-8-16)24-19-10-6-5-9-18(19)22-23-24/h2-14H,1H3. The van der Waals surface area contributed by atoms with Crippen molar-refractivity contribution in [2.24, 2.45) is 4.99 Å². The Hall–Kier alpha value is -3.27. The summed E-state index contributed by atoms with van der Waals surface area (Å²) in [5.41, 5.74) is 4.88. The Morgan fingerprint density at radius 2 is 1.54 bits per heavy atom. The second kappa shape index (κ2) is 6.08. The van der Waals surface area contributed by atoms with Crippen LogP contribution in [0.2, 0.25) is 0 Å².